The number of oxazole rings is 1. The molecular formula is C11H20N2O2. The van der Waals surface area contributed by atoms with Gasteiger partial charge in [0.1, 0.15) is 5.76 Å². The van der Waals surface area contributed by atoms with Gasteiger partial charge < -0.3 is 14.8 Å². The molecule has 86 valence electrons. The Hall–Kier alpha value is -0.870. The molecule has 1 aromatic heterocycles. The van der Waals surface area contributed by atoms with Gasteiger partial charge in [-0.05, 0) is 19.8 Å². The molecule has 0 saturated carbocycles. The van der Waals surface area contributed by atoms with E-state index >= 15 is 0 Å². The Morgan fingerprint density at radius 3 is 2.47 bits per heavy atom. The lowest BCUT2D eigenvalue weighted by Gasteiger charge is -2.18. The molecule has 0 fully saturated rings. The van der Waals surface area contributed by atoms with E-state index in [0.717, 1.165) is 11.5 Å². The van der Waals surface area contributed by atoms with Gasteiger partial charge in [0.15, 0.2) is 0 Å². The summed E-state index contributed by atoms with van der Waals surface area (Å²) in [5.74, 6) is 1.94. The van der Waals surface area contributed by atoms with Crippen LogP contribution in [0.1, 0.15) is 31.2 Å². The van der Waals surface area contributed by atoms with Crippen molar-refractivity contribution in [3.8, 4) is 0 Å². The van der Waals surface area contributed by atoms with Crippen LogP contribution in [0.25, 0.3) is 0 Å². The van der Waals surface area contributed by atoms with Gasteiger partial charge in [0.2, 0.25) is 5.89 Å². The van der Waals surface area contributed by atoms with Crippen molar-refractivity contribution in [2.24, 2.45) is 5.92 Å². The quantitative estimate of drug-likeness (QED) is 0.774. The first-order valence-electron chi connectivity index (χ1n) is 5.31. The van der Waals surface area contributed by atoms with Crippen LogP contribution in [0.15, 0.2) is 4.42 Å². The lowest BCUT2D eigenvalue weighted by molar-refractivity contribution is 0.206. The first kappa shape index (κ1) is 12.2. The fraction of sp³-hybridized carbons (Fsp3) is 0.727. The van der Waals surface area contributed by atoms with Crippen LogP contribution < -0.4 is 5.32 Å². The molecule has 2 N–H and O–H groups in total. The Labute approximate surface area is 90.7 Å². The van der Waals surface area contributed by atoms with E-state index < -0.39 is 0 Å². The summed E-state index contributed by atoms with van der Waals surface area (Å²) in [6.07, 6.45) is 0. The topological polar surface area (TPSA) is 58.3 Å². The van der Waals surface area contributed by atoms with Crippen LogP contribution in [0.5, 0.6) is 0 Å². The average molecular weight is 212 g/mol. The molecule has 1 aromatic rings. The number of nitrogens with one attached hydrogen (secondary N) is 1. The van der Waals surface area contributed by atoms with E-state index in [1.807, 2.05) is 13.8 Å². The van der Waals surface area contributed by atoms with Gasteiger partial charge in [-0.15, -0.1) is 0 Å². The highest BCUT2D eigenvalue weighted by Gasteiger charge is 2.13. The van der Waals surface area contributed by atoms with E-state index in [1.165, 1.54) is 0 Å². The van der Waals surface area contributed by atoms with Crippen molar-refractivity contribution in [3.05, 3.63) is 17.3 Å². The molecule has 0 spiro atoms. The molecule has 0 aliphatic carbocycles. The molecule has 0 amide bonds. The number of aliphatic hydroxyl groups excluding tert-OH is 1. The van der Waals surface area contributed by atoms with Crippen molar-refractivity contribution in [1.82, 2.24) is 10.3 Å². The zero-order valence-corrected chi connectivity index (χ0v) is 9.87. The summed E-state index contributed by atoms with van der Waals surface area (Å²) in [7, 11) is 0. The Balaban J connectivity index is 2.49. The van der Waals surface area contributed by atoms with Crippen molar-refractivity contribution in [2.75, 3.05) is 6.61 Å². The van der Waals surface area contributed by atoms with Gasteiger partial charge in [-0.1, -0.05) is 13.8 Å². The predicted molar refractivity (Wildman–Crippen MR) is 58.5 cm³/mol. The van der Waals surface area contributed by atoms with Crippen LogP contribution in [-0.2, 0) is 6.54 Å². The molecule has 1 rings (SSSR count). The third-order valence-electron chi connectivity index (χ3n) is 2.59. The van der Waals surface area contributed by atoms with Crippen LogP contribution in [0.4, 0.5) is 0 Å². The summed E-state index contributed by atoms with van der Waals surface area (Å²) in [6.45, 7) is 8.67. The second kappa shape index (κ2) is 5.28. The monoisotopic (exact) mass is 212 g/mol. The standard InChI is InChI=1S/C11H20N2O2/c1-7(2)10(6-14)12-5-11-13-8(3)9(4)15-11/h7,10,12,14H,5-6H2,1-4H3. The molecule has 0 saturated heterocycles. The Morgan fingerprint density at radius 1 is 1.40 bits per heavy atom. The average Bonchev–Trinajstić information content (AvgIpc) is 2.47. The van der Waals surface area contributed by atoms with Crippen molar-refractivity contribution in [3.63, 3.8) is 0 Å². The molecule has 0 bridgehead atoms. The second-order valence-electron chi connectivity index (χ2n) is 4.16. The second-order valence-corrected chi connectivity index (χ2v) is 4.16. The first-order chi connectivity index (χ1) is 7.04. The minimum Gasteiger partial charge on any atom is -0.444 e. The van der Waals surface area contributed by atoms with Crippen LogP contribution in [0, 0.1) is 19.8 Å². The highest BCUT2D eigenvalue weighted by molar-refractivity contribution is 5.05. The molecule has 0 aliphatic rings. The zero-order valence-electron chi connectivity index (χ0n) is 9.87. The zero-order chi connectivity index (χ0) is 11.4. The maximum Gasteiger partial charge on any atom is 0.208 e. The highest BCUT2D eigenvalue weighted by atomic mass is 16.4. The Morgan fingerprint density at radius 2 is 2.07 bits per heavy atom. The third-order valence-corrected chi connectivity index (χ3v) is 2.59. The fourth-order valence-corrected chi connectivity index (χ4v) is 1.34. The molecular weight excluding hydrogens is 192 g/mol. The number of rotatable bonds is 5. The van der Waals surface area contributed by atoms with Crippen LogP contribution in [0.3, 0.4) is 0 Å². The van der Waals surface area contributed by atoms with Crippen molar-refractivity contribution in [1.29, 1.82) is 0 Å². The fourth-order valence-electron chi connectivity index (χ4n) is 1.34. The van der Waals surface area contributed by atoms with Crippen molar-refractivity contribution in [2.45, 2.75) is 40.3 Å². The number of nitrogens with zero attached hydrogens (tertiary/aromatic N) is 1. The summed E-state index contributed by atoms with van der Waals surface area (Å²) >= 11 is 0. The molecule has 1 heterocycles. The first-order valence-corrected chi connectivity index (χ1v) is 5.31. The van der Waals surface area contributed by atoms with E-state index in [0.29, 0.717) is 18.4 Å². The molecule has 4 nitrogen and oxygen atoms in total. The number of hydrogen-bond donors (Lipinski definition) is 2. The van der Waals surface area contributed by atoms with Gasteiger partial charge >= 0.3 is 0 Å². The van der Waals surface area contributed by atoms with Crippen molar-refractivity contribution < 1.29 is 9.52 Å². The van der Waals surface area contributed by atoms with Gasteiger partial charge in [0.25, 0.3) is 0 Å². The molecule has 1 unspecified atom stereocenters. The molecule has 0 aromatic carbocycles. The summed E-state index contributed by atoms with van der Waals surface area (Å²) in [4.78, 5) is 4.27. The number of hydrogen-bond acceptors (Lipinski definition) is 4. The summed E-state index contributed by atoms with van der Waals surface area (Å²) in [6, 6.07) is 0.0949. The van der Waals surface area contributed by atoms with E-state index in [4.69, 9.17) is 9.52 Å². The minimum absolute atomic E-state index is 0.0949. The van der Waals surface area contributed by atoms with Gasteiger partial charge in [0, 0.05) is 6.04 Å². The number of aryl methyl sites for hydroxylation is 2. The highest BCUT2D eigenvalue weighted by Crippen LogP contribution is 2.09. The minimum atomic E-state index is 0.0949. The van der Waals surface area contributed by atoms with E-state index in [1.54, 1.807) is 0 Å². The maximum absolute atomic E-state index is 9.12. The number of aliphatic hydroxyl groups is 1. The summed E-state index contributed by atoms with van der Waals surface area (Å²) < 4.78 is 5.43. The summed E-state index contributed by atoms with van der Waals surface area (Å²) in [5, 5.41) is 12.3. The predicted octanol–water partition coefficient (Wildman–Crippen LogP) is 1.40. The molecule has 0 aliphatic heterocycles. The van der Waals surface area contributed by atoms with Crippen LogP contribution in [-0.4, -0.2) is 22.7 Å². The lowest BCUT2D eigenvalue weighted by atomic mass is 10.1. The van der Waals surface area contributed by atoms with E-state index in [-0.39, 0.29) is 12.6 Å². The normalized spacial score (nSPS) is 13.5. The van der Waals surface area contributed by atoms with Gasteiger partial charge in [-0.25, -0.2) is 4.98 Å². The van der Waals surface area contributed by atoms with E-state index in [9.17, 15) is 0 Å². The van der Waals surface area contributed by atoms with Gasteiger partial charge in [-0.3, -0.25) is 0 Å². The Kier molecular flexibility index (Phi) is 4.29. The third kappa shape index (κ3) is 3.32. The SMILES string of the molecule is Cc1nc(CNC(CO)C(C)C)oc1C. The molecule has 1 atom stereocenters. The maximum atomic E-state index is 9.12. The van der Waals surface area contributed by atoms with E-state index in [2.05, 4.69) is 24.1 Å². The van der Waals surface area contributed by atoms with Gasteiger partial charge in [0.05, 0.1) is 18.8 Å². The van der Waals surface area contributed by atoms with Gasteiger partial charge in [-0.2, -0.15) is 0 Å². The summed E-state index contributed by atoms with van der Waals surface area (Å²) in [5.41, 5.74) is 0.928. The Bertz CT molecular complexity index is 288. The molecule has 15 heavy (non-hydrogen) atoms. The van der Waals surface area contributed by atoms with Crippen LogP contribution >= 0.6 is 0 Å². The van der Waals surface area contributed by atoms with Crippen LogP contribution in [0.2, 0.25) is 0 Å². The molecule has 0 radical (unpaired) electrons. The largest absolute Gasteiger partial charge is 0.444 e. The molecule has 4 heteroatoms. The van der Waals surface area contributed by atoms with Crippen molar-refractivity contribution >= 4 is 0 Å². The number of aromatic nitrogens is 1. The lowest BCUT2D eigenvalue weighted by Crippen LogP contribution is -2.36. The smallest absolute Gasteiger partial charge is 0.208 e.